The number of morpholine rings is 1. The fraction of sp³-hybridized carbons (Fsp3) is 0.611. The number of hydrogen-bond donors (Lipinski definition) is 0. The first-order valence-corrected chi connectivity index (χ1v) is 8.15. The number of methoxy groups -OCH3 is 1. The number of ether oxygens (including phenoxy) is 2. The van der Waals surface area contributed by atoms with Crippen molar-refractivity contribution in [2.24, 2.45) is 5.92 Å². The lowest BCUT2D eigenvalue weighted by Crippen LogP contribution is -2.50. The second-order valence-electron chi connectivity index (χ2n) is 6.29. The minimum atomic E-state index is 0.371. The van der Waals surface area contributed by atoms with Gasteiger partial charge in [0.1, 0.15) is 0 Å². The molecule has 1 saturated carbocycles. The van der Waals surface area contributed by atoms with Gasteiger partial charge < -0.3 is 9.47 Å². The minimum Gasteiger partial charge on any atom is -0.381 e. The van der Waals surface area contributed by atoms with Gasteiger partial charge in [-0.1, -0.05) is 18.6 Å². The summed E-state index contributed by atoms with van der Waals surface area (Å²) in [5.41, 5.74) is 1.98. The quantitative estimate of drug-likeness (QED) is 0.857. The van der Waals surface area contributed by atoms with Gasteiger partial charge >= 0.3 is 0 Å². The van der Waals surface area contributed by atoms with E-state index in [2.05, 4.69) is 23.1 Å². The van der Waals surface area contributed by atoms with E-state index in [-0.39, 0.29) is 0 Å². The number of nitrogens with zero attached hydrogens (tertiary/aromatic N) is 2. The number of hydrogen-bond acceptors (Lipinski definition) is 4. The van der Waals surface area contributed by atoms with Crippen LogP contribution in [0.5, 0.6) is 0 Å². The second-order valence-corrected chi connectivity index (χ2v) is 6.29. The molecule has 0 spiro atoms. The standard InChI is InChI=1S/C18H24N2O2/c1-21-18-4-2-3-16(18)17-13-22-10-9-20(17)12-15-7-5-14(11-19)6-8-15/h5-8,16-18H,2-4,9-10,12-13H2,1H3. The molecule has 0 aromatic heterocycles. The lowest BCUT2D eigenvalue weighted by Gasteiger charge is -2.40. The Bertz CT molecular complexity index is 523. The van der Waals surface area contributed by atoms with Crippen molar-refractivity contribution in [2.75, 3.05) is 26.9 Å². The summed E-state index contributed by atoms with van der Waals surface area (Å²) in [6.07, 6.45) is 4.03. The smallest absolute Gasteiger partial charge is 0.0991 e. The predicted octanol–water partition coefficient (Wildman–Crippen LogP) is 2.57. The van der Waals surface area contributed by atoms with Crippen LogP contribution in [0.4, 0.5) is 0 Å². The van der Waals surface area contributed by atoms with Crippen LogP contribution < -0.4 is 0 Å². The summed E-state index contributed by atoms with van der Waals surface area (Å²) < 4.78 is 11.4. The SMILES string of the molecule is COC1CCCC1C1COCCN1Cc1ccc(C#N)cc1. The third-order valence-corrected chi connectivity index (χ3v) is 5.05. The molecule has 118 valence electrons. The summed E-state index contributed by atoms with van der Waals surface area (Å²) in [5, 5.41) is 8.90. The zero-order valence-corrected chi connectivity index (χ0v) is 13.2. The van der Waals surface area contributed by atoms with Crippen LogP contribution in [0, 0.1) is 17.2 Å². The van der Waals surface area contributed by atoms with E-state index in [4.69, 9.17) is 14.7 Å². The van der Waals surface area contributed by atoms with Crippen molar-refractivity contribution in [3.8, 4) is 6.07 Å². The molecule has 3 atom stereocenters. The molecule has 0 amide bonds. The van der Waals surface area contributed by atoms with Gasteiger partial charge in [0.25, 0.3) is 0 Å². The van der Waals surface area contributed by atoms with Gasteiger partial charge in [-0.05, 0) is 30.5 Å². The number of benzene rings is 1. The van der Waals surface area contributed by atoms with Crippen molar-refractivity contribution >= 4 is 0 Å². The van der Waals surface area contributed by atoms with E-state index in [0.29, 0.717) is 18.1 Å². The molecule has 3 unspecified atom stereocenters. The third-order valence-electron chi connectivity index (χ3n) is 5.05. The van der Waals surface area contributed by atoms with Crippen LogP contribution in [-0.4, -0.2) is 43.9 Å². The first kappa shape index (κ1) is 15.5. The molecule has 4 heteroatoms. The van der Waals surface area contributed by atoms with Gasteiger partial charge in [0.05, 0.1) is 31.0 Å². The maximum absolute atomic E-state index is 8.90. The van der Waals surface area contributed by atoms with Crippen molar-refractivity contribution in [3.05, 3.63) is 35.4 Å². The summed E-state index contributed by atoms with van der Waals surface area (Å²) in [6, 6.07) is 10.5. The highest BCUT2D eigenvalue weighted by Crippen LogP contribution is 2.34. The highest BCUT2D eigenvalue weighted by Gasteiger charge is 2.38. The van der Waals surface area contributed by atoms with E-state index < -0.39 is 0 Å². The lowest BCUT2D eigenvalue weighted by molar-refractivity contribution is -0.0608. The molecule has 3 rings (SSSR count). The Labute approximate surface area is 132 Å². The highest BCUT2D eigenvalue weighted by atomic mass is 16.5. The average molecular weight is 300 g/mol. The molecule has 1 aromatic carbocycles. The Hall–Kier alpha value is -1.41. The van der Waals surface area contributed by atoms with Crippen LogP contribution in [0.1, 0.15) is 30.4 Å². The molecule has 0 radical (unpaired) electrons. The van der Waals surface area contributed by atoms with Gasteiger partial charge in [0.15, 0.2) is 0 Å². The van der Waals surface area contributed by atoms with E-state index in [1.54, 1.807) is 0 Å². The molecule has 0 bridgehead atoms. The Balaban J connectivity index is 1.70. The minimum absolute atomic E-state index is 0.371. The first-order chi connectivity index (χ1) is 10.8. The summed E-state index contributed by atoms with van der Waals surface area (Å²) in [5.74, 6) is 0.573. The molecule has 1 saturated heterocycles. The summed E-state index contributed by atoms with van der Waals surface area (Å²) in [6.45, 7) is 3.50. The second kappa shape index (κ2) is 7.23. The lowest BCUT2D eigenvalue weighted by atomic mass is 9.93. The molecule has 0 N–H and O–H groups in total. The molecule has 1 aromatic rings. The zero-order valence-electron chi connectivity index (χ0n) is 13.2. The van der Waals surface area contributed by atoms with Crippen LogP contribution in [0.2, 0.25) is 0 Å². The number of nitriles is 1. The van der Waals surface area contributed by atoms with Gasteiger partial charge in [-0.25, -0.2) is 0 Å². The Morgan fingerprint density at radius 3 is 2.86 bits per heavy atom. The summed E-state index contributed by atoms with van der Waals surface area (Å²) in [4.78, 5) is 2.53. The fourth-order valence-corrected chi connectivity index (χ4v) is 3.85. The van der Waals surface area contributed by atoms with Crippen LogP contribution in [0.25, 0.3) is 0 Å². The van der Waals surface area contributed by atoms with Crippen LogP contribution in [0.3, 0.4) is 0 Å². The fourth-order valence-electron chi connectivity index (χ4n) is 3.85. The van der Waals surface area contributed by atoms with Gasteiger partial charge in [-0.2, -0.15) is 5.26 Å². The van der Waals surface area contributed by atoms with E-state index in [9.17, 15) is 0 Å². The molecular weight excluding hydrogens is 276 g/mol. The van der Waals surface area contributed by atoms with E-state index in [1.165, 1.54) is 24.8 Å². The Morgan fingerprint density at radius 2 is 2.14 bits per heavy atom. The van der Waals surface area contributed by atoms with Crippen molar-refractivity contribution in [1.82, 2.24) is 4.90 Å². The van der Waals surface area contributed by atoms with Gasteiger partial charge in [0.2, 0.25) is 0 Å². The van der Waals surface area contributed by atoms with E-state index in [0.717, 1.165) is 31.9 Å². The van der Waals surface area contributed by atoms with E-state index in [1.807, 2.05) is 19.2 Å². The largest absolute Gasteiger partial charge is 0.381 e. The number of rotatable bonds is 4. The molecule has 1 heterocycles. The third kappa shape index (κ3) is 3.33. The van der Waals surface area contributed by atoms with Crippen LogP contribution >= 0.6 is 0 Å². The monoisotopic (exact) mass is 300 g/mol. The maximum atomic E-state index is 8.90. The molecule has 4 nitrogen and oxygen atoms in total. The zero-order chi connectivity index (χ0) is 15.4. The average Bonchev–Trinajstić information content (AvgIpc) is 3.04. The van der Waals surface area contributed by atoms with Gasteiger partial charge in [-0.3, -0.25) is 4.90 Å². The molecule has 2 fully saturated rings. The molecule has 22 heavy (non-hydrogen) atoms. The highest BCUT2D eigenvalue weighted by molar-refractivity contribution is 5.31. The van der Waals surface area contributed by atoms with Crippen molar-refractivity contribution in [2.45, 2.75) is 38.0 Å². The van der Waals surface area contributed by atoms with Crippen molar-refractivity contribution < 1.29 is 9.47 Å². The topological polar surface area (TPSA) is 45.5 Å². The molecule has 1 aliphatic heterocycles. The molecular formula is C18H24N2O2. The molecule has 1 aliphatic carbocycles. The van der Waals surface area contributed by atoms with Crippen molar-refractivity contribution in [1.29, 1.82) is 5.26 Å². The predicted molar refractivity (Wildman–Crippen MR) is 84.3 cm³/mol. The Kier molecular flexibility index (Phi) is 5.09. The van der Waals surface area contributed by atoms with E-state index >= 15 is 0 Å². The summed E-state index contributed by atoms with van der Waals surface area (Å²) >= 11 is 0. The maximum Gasteiger partial charge on any atom is 0.0991 e. The Morgan fingerprint density at radius 1 is 1.32 bits per heavy atom. The molecule has 2 aliphatic rings. The van der Waals surface area contributed by atoms with Crippen LogP contribution in [-0.2, 0) is 16.0 Å². The normalized spacial score (nSPS) is 29.4. The summed E-state index contributed by atoms with van der Waals surface area (Å²) in [7, 11) is 1.83. The first-order valence-electron chi connectivity index (χ1n) is 8.15. The van der Waals surface area contributed by atoms with Crippen LogP contribution in [0.15, 0.2) is 24.3 Å². The van der Waals surface area contributed by atoms with Gasteiger partial charge in [0, 0.05) is 32.2 Å². The van der Waals surface area contributed by atoms with Crippen molar-refractivity contribution in [3.63, 3.8) is 0 Å². The van der Waals surface area contributed by atoms with Gasteiger partial charge in [-0.15, -0.1) is 0 Å².